The highest BCUT2D eigenvalue weighted by Crippen LogP contribution is 2.43. The van der Waals surface area contributed by atoms with Crippen molar-refractivity contribution in [2.45, 2.75) is 50.7 Å². The number of fused-ring (bicyclic) bond motifs is 1. The molecule has 3 fully saturated rings. The first-order valence-electron chi connectivity index (χ1n) is 7.21. The van der Waals surface area contributed by atoms with Crippen LogP contribution >= 0.6 is 0 Å². The minimum atomic E-state index is -0.857. The van der Waals surface area contributed by atoms with Crippen LogP contribution in [0, 0.1) is 11.8 Å². The number of aliphatic carboxylic acids is 1. The number of hydrogen-bond donors (Lipinski definition) is 1. The molecule has 2 saturated heterocycles. The number of carboxylic acids is 1. The van der Waals surface area contributed by atoms with E-state index in [0.29, 0.717) is 25.5 Å². The van der Waals surface area contributed by atoms with E-state index in [2.05, 4.69) is 0 Å². The van der Waals surface area contributed by atoms with E-state index in [1.54, 1.807) is 11.8 Å². The van der Waals surface area contributed by atoms with Crippen LogP contribution in [-0.4, -0.2) is 46.7 Å². The Morgan fingerprint density at radius 1 is 1.32 bits per heavy atom. The van der Waals surface area contributed by atoms with Gasteiger partial charge in [0.05, 0.1) is 0 Å². The Hall–Kier alpha value is -1.10. The first-order valence-corrected chi connectivity index (χ1v) is 7.21. The Morgan fingerprint density at radius 3 is 2.74 bits per heavy atom. The van der Waals surface area contributed by atoms with Gasteiger partial charge in [0.1, 0.15) is 11.6 Å². The zero-order chi connectivity index (χ0) is 13.6. The average Bonchev–Trinajstić information content (AvgIpc) is 3.01. The van der Waals surface area contributed by atoms with Crippen molar-refractivity contribution in [1.82, 2.24) is 4.90 Å². The standard InChI is InChI=1S/C14H21NO4/c1-14(6-3-7-19-14)13(18)15-8-9-4-2-5-10(9)11(15)12(16)17/h9-11H,2-8H2,1H3,(H,16,17). The fourth-order valence-electron chi connectivity index (χ4n) is 4.08. The average molecular weight is 267 g/mol. The van der Waals surface area contributed by atoms with Gasteiger partial charge in [0, 0.05) is 13.2 Å². The molecule has 5 heteroatoms. The third-order valence-electron chi connectivity index (χ3n) is 5.08. The van der Waals surface area contributed by atoms with Gasteiger partial charge in [0.15, 0.2) is 0 Å². The summed E-state index contributed by atoms with van der Waals surface area (Å²) in [5, 5.41) is 9.47. The maximum Gasteiger partial charge on any atom is 0.326 e. The summed E-state index contributed by atoms with van der Waals surface area (Å²) < 4.78 is 5.58. The second kappa shape index (κ2) is 4.47. The lowest BCUT2D eigenvalue weighted by Gasteiger charge is -2.32. The monoisotopic (exact) mass is 267 g/mol. The van der Waals surface area contributed by atoms with Gasteiger partial charge in [-0.1, -0.05) is 6.42 Å². The van der Waals surface area contributed by atoms with E-state index in [1.807, 2.05) is 0 Å². The number of carbonyl (C=O) groups excluding carboxylic acids is 1. The Bertz CT molecular complexity index is 402. The number of rotatable bonds is 2. The van der Waals surface area contributed by atoms with Crippen LogP contribution in [0.2, 0.25) is 0 Å². The first-order chi connectivity index (χ1) is 9.03. The molecule has 19 heavy (non-hydrogen) atoms. The number of carboxylic acid groups (broad SMARTS) is 1. The molecular formula is C14H21NO4. The first kappa shape index (κ1) is 12.9. The Kier molecular flexibility index (Phi) is 3.04. The molecule has 0 spiro atoms. The largest absolute Gasteiger partial charge is 0.480 e. The number of likely N-dealkylation sites (tertiary alicyclic amines) is 1. The quantitative estimate of drug-likeness (QED) is 0.818. The lowest BCUT2D eigenvalue weighted by Crippen LogP contribution is -2.52. The molecule has 106 valence electrons. The van der Waals surface area contributed by atoms with Crippen molar-refractivity contribution in [2.75, 3.05) is 13.2 Å². The molecule has 5 nitrogen and oxygen atoms in total. The van der Waals surface area contributed by atoms with Gasteiger partial charge in [0.25, 0.3) is 5.91 Å². The van der Waals surface area contributed by atoms with Crippen LogP contribution in [0.4, 0.5) is 0 Å². The molecule has 0 bridgehead atoms. The van der Waals surface area contributed by atoms with Crippen molar-refractivity contribution in [2.24, 2.45) is 11.8 Å². The molecule has 1 saturated carbocycles. The van der Waals surface area contributed by atoms with Crippen molar-refractivity contribution in [1.29, 1.82) is 0 Å². The number of amides is 1. The summed E-state index contributed by atoms with van der Waals surface area (Å²) >= 11 is 0. The summed E-state index contributed by atoms with van der Waals surface area (Å²) in [6.45, 7) is 3.00. The molecule has 3 aliphatic rings. The van der Waals surface area contributed by atoms with E-state index in [0.717, 1.165) is 25.7 Å². The number of hydrogen-bond acceptors (Lipinski definition) is 3. The maximum absolute atomic E-state index is 12.7. The van der Waals surface area contributed by atoms with E-state index in [1.165, 1.54) is 0 Å². The fraction of sp³-hybridized carbons (Fsp3) is 0.857. The minimum Gasteiger partial charge on any atom is -0.480 e. The van der Waals surface area contributed by atoms with Gasteiger partial charge in [0.2, 0.25) is 0 Å². The van der Waals surface area contributed by atoms with Crippen LogP contribution in [0.1, 0.15) is 39.0 Å². The molecule has 0 aromatic carbocycles. The van der Waals surface area contributed by atoms with Crippen molar-refractivity contribution >= 4 is 11.9 Å². The lowest BCUT2D eigenvalue weighted by molar-refractivity contribution is -0.159. The molecular weight excluding hydrogens is 246 g/mol. The number of carbonyl (C=O) groups is 2. The predicted octanol–water partition coefficient (Wildman–Crippen LogP) is 1.27. The summed E-state index contributed by atoms with van der Waals surface area (Å²) in [6, 6.07) is -0.638. The molecule has 3 rings (SSSR count). The summed E-state index contributed by atoms with van der Waals surface area (Å²) in [7, 11) is 0. The SMILES string of the molecule is CC1(C(=O)N2CC3CCCC3C2C(=O)O)CCCO1. The lowest BCUT2D eigenvalue weighted by atomic mass is 9.94. The molecule has 1 aliphatic carbocycles. The van der Waals surface area contributed by atoms with Gasteiger partial charge in [-0.05, 0) is 44.4 Å². The van der Waals surface area contributed by atoms with E-state index in [4.69, 9.17) is 4.74 Å². The molecule has 2 heterocycles. The van der Waals surface area contributed by atoms with Gasteiger partial charge >= 0.3 is 5.97 Å². The minimum absolute atomic E-state index is 0.119. The van der Waals surface area contributed by atoms with Crippen molar-refractivity contribution in [3.8, 4) is 0 Å². The summed E-state index contributed by atoms with van der Waals surface area (Å²) in [4.78, 5) is 25.8. The van der Waals surface area contributed by atoms with Crippen molar-refractivity contribution in [3.05, 3.63) is 0 Å². The molecule has 2 aliphatic heterocycles. The van der Waals surface area contributed by atoms with Crippen molar-refractivity contribution < 1.29 is 19.4 Å². The van der Waals surface area contributed by atoms with Crippen LogP contribution < -0.4 is 0 Å². The van der Waals surface area contributed by atoms with Crippen LogP contribution in [0.15, 0.2) is 0 Å². The third kappa shape index (κ3) is 1.95. The van der Waals surface area contributed by atoms with Gasteiger partial charge < -0.3 is 14.7 Å². The molecule has 4 atom stereocenters. The van der Waals surface area contributed by atoms with Gasteiger partial charge in [-0.2, -0.15) is 0 Å². The second-order valence-electron chi connectivity index (χ2n) is 6.28. The second-order valence-corrected chi connectivity index (χ2v) is 6.28. The fourth-order valence-corrected chi connectivity index (χ4v) is 4.08. The smallest absolute Gasteiger partial charge is 0.326 e. The van der Waals surface area contributed by atoms with Crippen LogP contribution in [0.25, 0.3) is 0 Å². The van der Waals surface area contributed by atoms with Crippen molar-refractivity contribution in [3.63, 3.8) is 0 Å². The number of nitrogens with zero attached hydrogens (tertiary/aromatic N) is 1. The molecule has 0 radical (unpaired) electrons. The molecule has 1 amide bonds. The number of ether oxygens (including phenoxy) is 1. The molecule has 0 aromatic rings. The molecule has 1 N–H and O–H groups in total. The van der Waals surface area contributed by atoms with Gasteiger partial charge in [-0.3, -0.25) is 4.79 Å². The highest BCUT2D eigenvalue weighted by Gasteiger charge is 2.53. The Balaban J connectivity index is 1.83. The van der Waals surface area contributed by atoms with E-state index in [9.17, 15) is 14.7 Å². The van der Waals surface area contributed by atoms with Crippen LogP contribution in [0.3, 0.4) is 0 Å². The Morgan fingerprint density at radius 2 is 2.11 bits per heavy atom. The van der Waals surface area contributed by atoms with Crippen LogP contribution in [0.5, 0.6) is 0 Å². The zero-order valence-electron chi connectivity index (χ0n) is 11.3. The predicted molar refractivity (Wildman–Crippen MR) is 67.6 cm³/mol. The summed E-state index contributed by atoms with van der Waals surface area (Å²) in [6.07, 6.45) is 4.65. The highest BCUT2D eigenvalue weighted by molar-refractivity contribution is 5.90. The maximum atomic E-state index is 12.7. The molecule has 4 unspecified atom stereocenters. The Labute approximate surface area is 112 Å². The summed E-state index contributed by atoms with van der Waals surface area (Å²) in [5.74, 6) is -0.461. The highest BCUT2D eigenvalue weighted by atomic mass is 16.5. The zero-order valence-corrected chi connectivity index (χ0v) is 11.3. The van der Waals surface area contributed by atoms with E-state index in [-0.39, 0.29) is 11.8 Å². The summed E-state index contributed by atoms with van der Waals surface area (Å²) in [5.41, 5.74) is -0.799. The van der Waals surface area contributed by atoms with E-state index < -0.39 is 17.6 Å². The normalized spacial score (nSPS) is 41.5. The molecule has 0 aromatic heterocycles. The van der Waals surface area contributed by atoms with Crippen LogP contribution in [-0.2, 0) is 14.3 Å². The van der Waals surface area contributed by atoms with E-state index >= 15 is 0 Å². The third-order valence-corrected chi connectivity index (χ3v) is 5.08. The van der Waals surface area contributed by atoms with Gasteiger partial charge in [-0.25, -0.2) is 4.79 Å². The van der Waals surface area contributed by atoms with Gasteiger partial charge in [-0.15, -0.1) is 0 Å². The topological polar surface area (TPSA) is 66.8 Å².